The molecule has 1 heterocycles. The number of rotatable bonds is 6. The Balaban J connectivity index is 2.56. The summed E-state index contributed by atoms with van der Waals surface area (Å²) in [5.41, 5.74) is 5.87. The van der Waals surface area contributed by atoms with E-state index in [1.807, 2.05) is 19.4 Å². The first-order valence-electron chi connectivity index (χ1n) is 5.92. The van der Waals surface area contributed by atoms with Gasteiger partial charge in [0, 0.05) is 44.5 Å². The Bertz CT molecular complexity index is 317. The summed E-state index contributed by atoms with van der Waals surface area (Å²) in [6, 6.07) is 0. The second-order valence-electron chi connectivity index (χ2n) is 4.80. The summed E-state index contributed by atoms with van der Waals surface area (Å²) in [4.78, 5) is 6.74. The number of nitrogens with two attached hydrogens (primary N) is 1. The standard InChI is InChI=1S/C12H24N4/c1-5-16(12(2,3)10-13)8-6-11-14-7-9-15(11)4/h7,9H,5-6,8,10,13H2,1-4H3. The largest absolute Gasteiger partial charge is 0.338 e. The van der Waals surface area contributed by atoms with Gasteiger partial charge in [0.2, 0.25) is 0 Å². The van der Waals surface area contributed by atoms with E-state index in [1.165, 1.54) is 0 Å². The third-order valence-corrected chi connectivity index (χ3v) is 3.26. The smallest absolute Gasteiger partial charge is 0.109 e. The first-order valence-corrected chi connectivity index (χ1v) is 5.92. The average molecular weight is 224 g/mol. The Morgan fingerprint density at radius 3 is 2.62 bits per heavy atom. The molecule has 0 aliphatic rings. The molecule has 1 rings (SSSR count). The zero-order chi connectivity index (χ0) is 12.2. The summed E-state index contributed by atoms with van der Waals surface area (Å²) >= 11 is 0. The Labute approximate surface area is 98.5 Å². The van der Waals surface area contributed by atoms with Gasteiger partial charge in [-0.3, -0.25) is 4.90 Å². The molecule has 0 saturated heterocycles. The van der Waals surface area contributed by atoms with Crippen LogP contribution in [0, 0.1) is 0 Å². The SMILES string of the molecule is CCN(CCc1nccn1C)C(C)(C)CN. The molecule has 0 fully saturated rings. The number of aromatic nitrogens is 2. The first kappa shape index (κ1) is 13.2. The van der Waals surface area contributed by atoms with Gasteiger partial charge in [-0.15, -0.1) is 0 Å². The molecule has 0 aliphatic carbocycles. The fraction of sp³-hybridized carbons (Fsp3) is 0.750. The molecule has 0 aromatic carbocycles. The molecule has 0 aliphatic heterocycles. The molecule has 0 bridgehead atoms. The monoisotopic (exact) mass is 224 g/mol. The van der Waals surface area contributed by atoms with Gasteiger partial charge in [-0.05, 0) is 20.4 Å². The maximum absolute atomic E-state index is 5.80. The minimum absolute atomic E-state index is 0.0694. The number of aryl methyl sites for hydroxylation is 1. The second-order valence-corrected chi connectivity index (χ2v) is 4.80. The second kappa shape index (κ2) is 5.46. The minimum atomic E-state index is 0.0694. The number of imidazole rings is 1. The van der Waals surface area contributed by atoms with Crippen LogP contribution in [0.1, 0.15) is 26.6 Å². The summed E-state index contributed by atoms with van der Waals surface area (Å²) in [5, 5.41) is 0. The molecule has 1 aromatic heterocycles. The van der Waals surface area contributed by atoms with Gasteiger partial charge in [0.1, 0.15) is 5.82 Å². The van der Waals surface area contributed by atoms with Crippen molar-refractivity contribution in [2.24, 2.45) is 12.8 Å². The van der Waals surface area contributed by atoms with Crippen LogP contribution in [-0.2, 0) is 13.5 Å². The molecule has 4 nitrogen and oxygen atoms in total. The van der Waals surface area contributed by atoms with Crippen molar-refractivity contribution in [1.82, 2.24) is 14.5 Å². The lowest BCUT2D eigenvalue weighted by Crippen LogP contribution is -2.50. The Morgan fingerprint density at radius 1 is 1.50 bits per heavy atom. The number of nitrogens with zero attached hydrogens (tertiary/aromatic N) is 3. The molecule has 1 aromatic rings. The van der Waals surface area contributed by atoms with Crippen LogP contribution >= 0.6 is 0 Å². The molecule has 0 saturated carbocycles. The predicted molar refractivity (Wildman–Crippen MR) is 67.3 cm³/mol. The number of hydrogen-bond donors (Lipinski definition) is 1. The Kier molecular flexibility index (Phi) is 4.50. The van der Waals surface area contributed by atoms with Crippen LogP contribution in [0.5, 0.6) is 0 Å². The van der Waals surface area contributed by atoms with E-state index in [0.717, 1.165) is 25.3 Å². The van der Waals surface area contributed by atoms with Gasteiger partial charge in [-0.25, -0.2) is 4.98 Å². The highest BCUT2D eigenvalue weighted by Gasteiger charge is 2.23. The van der Waals surface area contributed by atoms with Crippen molar-refractivity contribution in [2.75, 3.05) is 19.6 Å². The third-order valence-electron chi connectivity index (χ3n) is 3.26. The first-order chi connectivity index (χ1) is 7.51. The molecule has 0 unspecified atom stereocenters. The van der Waals surface area contributed by atoms with Crippen molar-refractivity contribution in [3.05, 3.63) is 18.2 Å². The quantitative estimate of drug-likeness (QED) is 0.785. The number of likely N-dealkylation sites (N-methyl/N-ethyl adjacent to an activating group) is 1. The third kappa shape index (κ3) is 3.06. The average Bonchev–Trinajstić information content (AvgIpc) is 2.65. The van der Waals surface area contributed by atoms with Crippen molar-refractivity contribution in [3.63, 3.8) is 0 Å². The topological polar surface area (TPSA) is 47.1 Å². The zero-order valence-corrected chi connectivity index (χ0v) is 10.9. The van der Waals surface area contributed by atoms with Crippen LogP contribution < -0.4 is 5.73 Å². The lowest BCUT2D eigenvalue weighted by molar-refractivity contribution is 0.135. The molecular formula is C12H24N4. The Morgan fingerprint density at radius 2 is 2.19 bits per heavy atom. The highest BCUT2D eigenvalue weighted by Crippen LogP contribution is 2.12. The summed E-state index contributed by atoms with van der Waals surface area (Å²) in [6.07, 6.45) is 4.81. The van der Waals surface area contributed by atoms with Gasteiger partial charge in [0.15, 0.2) is 0 Å². The van der Waals surface area contributed by atoms with Crippen LogP contribution in [0.25, 0.3) is 0 Å². The van der Waals surface area contributed by atoms with E-state index in [1.54, 1.807) is 0 Å². The summed E-state index contributed by atoms with van der Waals surface area (Å²) in [6.45, 7) is 9.27. The summed E-state index contributed by atoms with van der Waals surface area (Å²) < 4.78 is 2.07. The molecule has 0 amide bonds. The van der Waals surface area contributed by atoms with E-state index in [4.69, 9.17) is 5.73 Å². The van der Waals surface area contributed by atoms with Gasteiger partial charge in [0.05, 0.1) is 0 Å². The molecule has 0 atom stereocenters. The fourth-order valence-electron chi connectivity index (χ4n) is 1.89. The summed E-state index contributed by atoms with van der Waals surface area (Å²) in [5.74, 6) is 1.13. The zero-order valence-electron chi connectivity index (χ0n) is 10.9. The van der Waals surface area contributed by atoms with E-state index < -0.39 is 0 Å². The number of hydrogen-bond acceptors (Lipinski definition) is 3. The van der Waals surface area contributed by atoms with Crippen LogP contribution in [-0.4, -0.2) is 39.6 Å². The van der Waals surface area contributed by atoms with Crippen molar-refractivity contribution in [2.45, 2.75) is 32.7 Å². The highest BCUT2D eigenvalue weighted by atomic mass is 15.2. The molecule has 16 heavy (non-hydrogen) atoms. The van der Waals surface area contributed by atoms with E-state index in [-0.39, 0.29) is 5.54 Å². The lowest BCUT2D eigenvalue weighted by Gasteiger charge is -2.36. The normalized spacial score (nSPS) is 12.4. The molecular weight excluding hydrogens is 200 g/mol. The maximum Gasteiger partial charge on any atom is 0.109 e. The predicted octanol–water partition coefficient (Wildman–Crippen LogP) is 1.02. The lowest BCUT2D eigenvalue weighted by atomic mass is 10.0. The van der Waals surface area contributed by atoms with Gasteiger partial charge >= 0.3 is 0 Å². The van der Waals surface area contributed by atoms with Crippen molar-refractivity contribution < 1.29 is 0 Å². The van der Waals surface area contributed by atoms with E-state index in [0.29, 0.717) is 6.54 Å². The van der Waals surface area contributed by atoms with Gasteiger partial charge < -0.3 is 10.3 Å². The van der Waals surface area contributed by atoms with Gasteiger partial charge in [-0.1, -0.05) is 6.92 Å². The maximum atomic E-state index is 5.80. The van der Waals surface area contributed by atoms with Crippen LogP contribution in [0.4, 0.5) is 0 Å². The van der Waals surface area contributed by atoms with Gasteiger partial charge in [0.25, 0.3) is 0 Å². The molecule has 0 radical (unpaired) electrons. The van der Waals surface area contributed by atoms with Gasteiger partial charge in [-0.2, -0.15) is 0 Å². The molecule has 4 heteroatoms. The van der Waals surface area contributed by atoms with Crippen molar-refractivity contribution >= 4 is 0 Å². The molecule has 0 spiro atoms. The van der Waals surface area contributed by atoms with Crippen molar-refractivity contribution in [1.29, 1.82) is 0 Å². The van der Waals surface area contributed by atoms with E-state index in [9.17, 15) is 0 Å². The van der Waals surface area contributed by atoms with E-state index >= 15 is 0 Å². The fourth-order valence-corrected chi connectivity index (χ4v) is 1.89. The summed E-state index contributed by atoms with van der Waals surface area (Å²) in [7, 11) is 2.03. The van der Waals surface area contributed by atoms with Crippen LogP contribution in [0.3, 0.4) is 0 Å². The van der Waals surface area contributed by atoms with Crippen LogP contribution in [0.15, 0.2) is 12.4 Å². The molecule has 2 N–H and O–H groups in total. The van der Waals surface area contributed by atoms with E-state index in [2.05, 4.69) is 35.2 Å². The molecule has 92 valence electrons. The Hall–Kier alpha value is -0.870. The minimum Gasteiger partial charge on any atom is -0.338 e. The van der Waals surface area contributed by atoms with Crippen LogP contribution in [0.2, 0.25) is 0 Å². The highest BCUT2D eigenvalue weighted by molar-refractivity contribution is 4.93. The van der Waals surface area contributed by atoms with Crippen molar-refractivity contribution in [3.8, 4) is 0 Å².